The summed E-state index contributed by atoms with van der Waals surface area (Å²) < 4.78 is 0. The van der Waals surface area contributed by atoms with Gasteiger partial charge < -0.3 is 4.90 Å². The van der Waals surface area contributed by atoms with Crippen LogP contribution in [-0.2, 0) is 0 Å². The first-order chi connectivity index (χ1) is 6.17. The van der Waals surface area contributed by atoms with Crippen molar-refractivity contribution in [3.63, 3.8) is 0 Å². The molecule has 1 rings (SSSR count). The van der Waals surface area contributed by atoms with E-state index in [4.69, 9.17) is 10.5 Å². The summed E-state index contributed by atoms with van der Waals surface area (Å²) in [5.74, 6) is 0. The van der Waals surface area contributed by atoms with Crippen molar-refractivity contribution in [2.24, 2.45) is 0 Å². The lowest BCUT2D eigenvalue weighted by atomic mass is 10.2. The number of nitriles is 2. The van der Waals surface area contributed by atoms with Crippen LogP contribution in [0, 0.1) is 22.7 Å². The van der Waals surface area contributed by atoms with Gasteiger partial charge in [0.25, 0.3) is 0 Å². The molecule has 0 atom stereocenters. The van der Waals surface area contributed by atoms with Gasteiger partial charge >= 0.3 is 0 Å². The van der Waals surface area contributed by atoms with Crippen LogP contribution in [0.3, 0.4) is 0 Å². The van der Waals surface area contributed by atoms with E-state index in [-0.39, 0.29) is 11.4 Å². The van der Waals surface area contributed by atoms with E-state index in [9.17, 15) is 0 Å². The number of nitrogens with zero attached hydrogens (tertiary/aromatic N) is 4. The molecular weight excluding hydrogens is 164 g/mol. The molecule has 64 valence electrons. The standard InChI is InChI=1S/C9H8N4/c1-13(2)9-3-7(5-10)12-8(4-9)6-11/h3-4H,1-2H3. The molecule has 0 fully saturated rings. The predicted octanol–water partition coefficient (Wildman–Crippen LogP) is 0.891. The summed E-state index contributed by atoms with van der Waals surface area (Å²) in [4.78, 5) is 5.63. The zero-order valence-electron chi connectivity index (χ0n) is 7.44. The molecule has 0 amide bonds. The zero-order valence-corrected chi connectivity index (χ0v) is 7.44. The minimum atomic E-state index is 0.266. The quantitative estimate of drug-likeness (QED) is 0.631. The van der Waals surface area contributed by atoms with Gasteiger partial charge in [0.15, 0.2) is 0 Å². The zero-order chi connectivity index (χ0) is 9.84. The van der Waals surface area contributed by atoms with Gasteiger partial charge in [0.2, 0.25) is 0 Å². The van der Waals surface area contributed by atoms with Crippen LogP contribution < -0.4 is 4.90 Å². The Bertz CT molecular complexity index is 363. The smallest absolute Gasteiger partial charge is 0.144 e. The second kappa shape index (κ2) is 3.55. The van der Waals surface area contributed by atoms with E-state index < -0.39 is 0 Å². The summed E-state index contributed by atoms with van der Waals surface area (Å²) in [5.41, 5.74) is 1.34. The highest BCUT2D eigenvalue weighted by Gasteiger charge is 2.02. The Morgan fingerprint density at radius 3 is 1.92 bits per heavy atom. The molecule has 13 heavy (non-hydrogen) atoms. The van der Waals surface area contributed by atoms with Crippen LogP contribution in [0.1, 0.15) is 11.4 Å². The number of aromatic nitrogens is 1. The Balaban J connectivity index is 3.27. The first kappa shape index (κ1) is 9.02. The molecule has 0 aliphatic rings. The number of pyridine rings is 1. The molecule has 0 unspecified atom stereocenters. The molecule has 0 saturated heterocycles. The fourth-order valence-corrected chi connectivity index (χ4v) is 0.889. The minimum Gasteiger partial charge on any atom is -0.377 e. The van der Waals surface area contributed by atoms with Gasteiger partial charge in [-0.3, -0.25) is 0 Å². The lowest BCUT2D eigenvalue weighted by Crippen LogP contribution is -2.09. The summed E-state index contributed by atoms with van der Waals surface area (Å²) in [5, 5.41) is 17.2. The summed E-state index contributed by atoms with van der Waals surface area (Å²) in [6.07, 6.45) is 0. The lowest BCUT2D eigenvalue weighted by molar-refractivity contribution is 1.10. The fourth-order valence-electron chi connectivity index (χ4n) is 0.889. The van der Waals surface area contributed by atoms with E-state index in [1.165, 1.54) is 0 Å². The van der Waals surface area contributed by atoms with Gasteiger partial charge in [-0.1, -0.05) is 0 Å². The van der Waals surface area contributed by atoms with Gasteiger partial charge in [-0.05, 0) is 12.1 Å². The second-order valence-electron chi connectivity index (χ2n) is 2.71. The third-order valence-electron chi connectivity index (χ3n) is 1.56. The molecule has 0 spiro atoms. The van der Waals surface area contributed by atoms with Gasteiger partial charge in [-0.2, -0.15) is 10.5 Å². The summed E-state index contributed by atoms with van der Waals surface area (Å²) in [6.45, 7) is 0. The Labute approximate surface area is 76.7 Å². The highest BCUT2D eigenvalue weighted by molar-refractivity contribution is 5.51. The molecule has 1 heterocycles. The third-order valence-corrected chi connectivity index (χ3v) is 1.56. The Hall–Kier alpha value is -2.07. The first-order valence-corrected chi connectivity index (χ1v) is 3.67. The van der Waals surface area contributed by atoms with Gasteiger partial charge in [-0.25, -0.2) is 4.98 Å². The van der Waals surface area contributed by atoms with Crippen molar-refractivity contribution in [1.82, 2.24) is 4.98 Å². The van der Waals surface area contributed by atoms with Gasteiger partial charge in [-0.15, -0.1) is 0 Å². The van der Waals surface area contributed by atoms with Gasteiger partial charge in [0.1, 0.15) is 23.5 Å². The van der Waals surface area contributed by atoms with Crippen molar-refractivity contribution in [3.05, 3.63) is 23.5 Å². The molecule has 0 saturated carbocycles. The topological polar surface area (TPSA) is 63.7 Å². The average molecular weight is 172 g/mol. The highest BCUT2D eigenvalue weighted by Crippen LogP contribution is 2.13. The SMILES string of the molecule is CN(C)c1cc(C#N)nc(C#N)c1. The lowest BCUT2D eigenvalue weighted by Gasteiger charge is -2.11. The molecule has 1 aromatic heterocycles. The summed E-state index contributed by atoms with van der Waals surface area (Å²) in [6, 6.07) is 7.10. The molecule has 4 nitrogen and oxygen atoms in total. The van der Waals surface area contributed by atoms with Crippen molar-refractivity contribution in [2.45, 2.75) is 0 Å². The first-order valence-electron chi connectivity index (χ1n) is 3.67. The van der Waals surface area contributed by atoms with Crippen LogP contribution in [0.25, 0.3) is 0 Å². The molecule has 0 aromatic carbocycles. The number of anilines is 1. The maximum absolute atomic E-state index is 8.62. The fraction of sp³-hybridized carbons (Fsp3) is 0.222. The molecule has 1 aromatic rings. The minimum absolute atomic E-state index is 0.266. The highest BCUT2D eigenvalue weighted by atomic mass is 15.1. The van der Waals surface area contributed by atoms with Crippen LogP contribution in [0.15, 0.2) is 12.1 Å². The van der Waals surface area contributed by atoms with Crippen molar-refractivity contribution < 1.29 is 0 Å². The molecule has 0 radical (unpaired) electrons. The number of rotatable bonds is 1. The van der Waals surface area contributed by atoms with Crippen LogP contribution >= 0.6 is 0 Å². The molecule has 0 aliphatic heterocycles. The van der Waals surface area contributed by atoms with Crippen molar-refractivity contribution in [3.8, 4) is 12.1 Å². The van der Waals surface area contributed by atoms with Crippen LogP contribution in [0.5, 0.6) is 0 Å². The number of hydrogen-bond donors (Lipinski definition) is 0. The third kappa shape index (κ3) is 1.94. The number of hydrogen-bond acceptors (Lipinski definition) is 4. The average Bonchev–Trinajstić information content (AvgIpc) is 2.16. The Morgan fingerprint density at radius 1 is 1.15 bits per heavy atom. The maximum Gasteiger partial charge on any atom is 0.144 e. The normalized spacial score (nSPS) is 8.62. The molecule has 4 heteroatoms. The largest absolute Gasteiger partial charge is 0.377 e. The van der Waals surface area contributed by atoms with E-state index in [1.54, 1.807) is 12.1 Å². The van der Waals surface area contributed by atoms with E-state index in [0.29, 0.717) is 0 Å². The summed E-state index contributed by atoms with van der Waals surface area (Å²) in [7, 11) is 3.69. The Kier molecular flexibility index (Phi) is 2.47. The van der Waals surface area contributed by atoms with Crippen LogP contribution in [0.4, 0.5) is 5.69 Å². The maximum atomic E-state index is 8.62. The molecular formula is C9H8N4. The monoisotopic (exact) mass is 172 g/mol. The van der Waals surface area contributed by atoms with E-state index in [1.807, 2.05) is 31.1 Å². The molecule has 0 N–H and O–H groups in total. The van der Waals surface area contributed by atoms with E-state index in [2.05, 4.69) is 4.98 Å². The van der Waals surface area contributed by atoms with E-state index in [0.717, 1.165) is 5.69 Å². The van der Waals surface area contributed by atoms with Crippen molar-refractivity contribution in [1.29, 1.82) is 10.5 Å². The molecule has 0 bridgehead atoms. The van der Waals surface area contributed by atoms with Gasteiger partial charge in [0.05, 0.1) is 0 Å². The van der Waals surface area contributed by atoms with Crippen molar-refractivity contribution in [2.75, 3.05) is 19.0 Å². The van der Waals surface area contributed by atoms with Crippen molar-refractivity contribution >= 4 is 5.69 Å². The Morgan fingerprint density at radius 2 is 1.62 bits per heavy atom. The second-order valence-corrected chi connectivity index (χ2v) is 2.71. The van der Waals surface area contributed by atoms with Gasteiger partial charge in [0, 0.05) is 19.8 Å². The van der Waals surface area contributed by atoms with Crippen LogP contribution in [0.2, 0.25) is 0 Å². The summed E-state index contributed by atoms with van der Waals surface area (Å²) >= 11 is 0. The van der Waals surface area contributed by atoms with Crippen LogP contribution in [-0.4, -0.2) is 19.1 Å². The van der Waals surface area contributed by atoms with E-state index >= 15 is 0 Å². The molecule has 0 aliphatic carbocycles. The predicted molar refractivity (Wildman–Crippen MR) is 48.0 cm³/mol.